The van der Waals surface area contributed by atoms with E-state index in [1.54, 1.807) is 31.4 Å². The van der Waals surface area contributed by atoms with Crippen molar-refractivity contribution in [2.24, 2.45) is 0 Å². The SMILES string of the molecule is CCCCCN(C(=O)/C=C/c1ccc(OC)cc1OC)c1c(N)n(CCCC)c(=O)[nH]c1=O. The average molecular weight is 459 g/mol. The quantitative estimate of drug-likeness (QED) is 0.372. The lowest BCUT2D eigenvalue weighted by molar-refractivity contribution is -0.114. The molecule has 0 aliphatic carbocycles. The summed E-state index contributed by atoms with van der Waals surface area (Å²) in [5, 5.41) is 0. The molecule has 2 rings (SSSR count). The van der Waals surface area contributed by atoms with Crippen LogP contribution in [-0.2, 0) is 11.3 Å². The molecule has 1 aromatic heterocycles. The molecular formula is C24H34N4O5. The van der Waals surface area contributed by atoms with Crippen LogP contribution < -0.4 is 31.4 Å². The summed E-state index contributed by atoms with van der Waals surface area (Å²) in [7, 11) is 3.09. The third kappa shape index (κ3) is 6.50. The number of aromatic amines is 1. The lowest BCUT2D eigenvalue weighted by atomic mass is 10.1. The van der Waals surface area contributed by atoms with Crippen molar-refractivity contribution in [3.63, 3.8) is 0 Å². The maximum atomic E-state index is 13.2. The molecule has 3 N–H and O–H groups in total. The molecule has 0 spiro atoms. The van der Waals surface area contributed by atoms with E-state index in [-0.39, 0.29) is 11.5 Å². The molecule has 0 aliphatic heterocycles. The summed E-state index contributed by atoms with van der Waals surface area (Å²) in [6.45, 7) is 4.71. The molecule has 33 heavy (non-hydrogen) atoms. The van der Waals surface area contributed by atoms with Gasteiger partial charge in [0.2, 0.25) is 0 Å². The Labute approximate surface area is 193 Å². The standard InChI is InChI=1S/C24H34N4O5/c1-5-7-9-15-27(21-22(25)28(14-8-6-2)24(31)26-23(21)30)20(29)13-11-17-10-12-18(32-3)16-19(17)33-4/h10-13,16H,5-9,14-15,25H2,1-4H3,(H,26,30,31)/b13-11+. The molecule has 0 radical (unpaired) electrons. The second-order valence-corrected chi connectivity index (χ2v) is 7.64. The number of hydrogen-bond donors (Lipinski definition) is 2. The van der Waals surface area contributed by atoms with Gasteiger partial charge in [-0.1, -0.05) is 33.1 Å². The number of nitrogen functional groups attached to an aromatic ring is 1. The van der Waals surface area contributed by atoms with E-state index in [2.05, 4.69) is 4.98 Å². The number of hydrogen-bond acceptors (Lipinski definition) is 6. The molecule has 0 atom stereocenters. The first-order valence-electron chi connectivity index (χ1n) is 11.2. The number of ether oxygens (including phenoxy) is 2. The van der Waals surface area contributed by atoms with Gasteiger partial charge in [-0.05, 0) is 31.1 Å². The smallest absolute Gasteiger partial charge is 0.330 e. The molecule has 0 saturated heterocycles. The van der Waals surface area contributed by atoms with Crippen molar-refractivity contribution in [3.8, 4) is 11.5 Å². The van der Waals surface area contributed by atoms with Crippen molar-refractivity contribution in [1.82, 2.24) is 9.55 Å². The van der Waals surface area contributed by atoms with E-state index >= 15 is 0 Å². The number of methoxy groups -OCH3 is 2. The molecule has 180 valence electrons. The van der Waals surface area contributed by atoms with Gasteiger partial charge in [-0.25, -0.2) is 4.79 Å². The lowest BCUT2D eigenvalue weighted by Crippen LogP contribution is -2.41. The fraction of sp³-hybridized carbons (Fsp3) is 0.458. The monoisotopic (exact) mass is 458 g/mol. The lowest BCUT2D eigenvalue weighted by Gasteiger charge is -2.23. The van der Waals surface area contributed by atoms with Crippen molar-refractivity contribution < 1.29 is 14.3 Å². The molecule has 0 fully saturated rings. The number of nitrogens with zero attached hydrogens (tertiary/aromatic N) is 2. The first-order chi connectivity index (χ1) is 15.9. The van der Waals surface area contributed by atoms with Crippen LogP contribution in [0.15, 0.2) is 33.9 Å². The number of carbonyl (C=O) groups excluding carboxylic acids is 1. The van der Waals surface area contributed by atoms with Gasteiger partial charge in [-0.15, -0.1) is 0 Å². The van der Waals surface area contributed by atoms with Crippen LogP contribution in [0, 0.1) is 0 Å². The Balaban J connectivity index is 2.47. The molecular weight excluding hydrogens is 424 g/mol. The second kappa shape index (κ2) is 12.5. The molecule has 0 bridgehead atoms. The zero-order chi connectivity index (χ0) is 24.4. The predicted octanol–water partition coefficient (Wildman–Crippen LogP) is 3.17. The largest absolute Gasteiger partial charge is 0.497 e. The zero-order valence-corrected chi connectivity index (χ0v) is 19.8. The van der Waals surface area contributed by atoms with Crippen LogP contribution >= 0.6 is 0 Å². The van der Waals surface area contributed by atoms with Gasteiger partial charge in [0.05, 0.1) is 14.2 Å². The van der Waals surface area contributed by atoms with Gasteiger partial charge < -0.3 is 20.1 Å². The van der Waals surface area contributed by atoms with E-state index in [1.165, 1.54) is 22.7 Å². The van der Waals surface area contributed by atoms with Crippen molar-refractivity contribution in [2.75, 3.05) is 31.4 Å². The fourth-order valence-corrected chi connectivity index (χ4v) is 3.44. The molecule has 0 unspecified atom stereocenters. The van der Waals surface area contributed by atoms with Crippen molar-refractivity contribution in [1.29, 1.82) is 0 Å². The van der Waals surface area contributed by atoms with Crippen molar-refractivity contribution >= 4 is 23.5 Å². The van der Waals surface area contributed by atoms with E-state index in [4.69, 9.17) is 15.2 Å². The van der Waals surface area contributed by atoms with Crippen LogP contribution in [0.25, 0.3) is 6.08 Å². The Morgan fingerprint density at radius 3 is 2.48 bits per heavy atom. The van der Waals surface area contributed by atoms with Crippen LogP contribution in [0.3, 0.4) is 0 Å². The molecule has 0 saturated carbocycles. The number of unbranched alkanes of at least 4 members (excludes halogenated alkanes) is 3. The average Bonchev–Trinajstić information content (AvgIpc) is 2.81. The minimum absolute atomic E-state index is 0.00171. The maximum Gasteiger partial charge on any atom is 0.330 e. The van der Waals surface area contributed by atoms with Crippen LogP contribution in [0.4, 0.5) is 11.5 Å². The fourth-order valence-electron chi connectivity index (χ4n) is 3.44. The number of rotatable bonds is 12. The molecule has 1 amide bonds. The summed E-state index contributed by atoms with van der Waals surface area (Å²) in [4.78, 5) is 41.9. The van der Waals surface area contributed by atoms with Gasteiger partial charge >= 0.3 is 5.69 Å². The molecule has 1 heterocycles. The number of amides is 1. The van der Waals surface area contributed by atoms with Crippen LogP contribution in [0.2, 0.25) is 0 Å². The van der Waals surface area contributed by atoms with Crippen molar-refractivity contribution in [3.05, 3.63) is 50.7 Å². The normalized spacial score (nSPS) is 11.0. The molecule has 9 nitrogen and oxygen atoms in total. The Bertz CT molecular complexity index is 1090. The van der Waals surface area contributed by atoms with E-state index in [0.717, 1.165) is 25.7 Å². The zero-order valence-electron chi connectivity index (χ0n) is 19.8. The topological polar surface area (TPSA) is 120 Å². The summed E-state index contributed by atoms with van der Waals surface area (Å²) < 4.78 is 11.9. The highest BCUT2D eigenvalue weighted by Gasteiger charge is 2.22. The summed E-state index contributed by atoms with van der Waals surface area (Å²) in [6, 6.07) is 5.25. The van der Waals surface area contributed by atoms with E-state index in [0.29, 0.717) is 36.6 Å². The Kier molecular flexibility index (Phi) is 9.78. The highest BCUT2D eigenvalue weighted by Crippen LogP contribution is 2.26. The maximum absolute atomic E-state index is 13.2. The van der Waals surface area contributed by atoms with Crippen LogP contribution in [0.5, 0.6) is 11.5 Å². The van der Waals surface area contributed by atoms with E-state index < -0.39 is 17.2 Å². The van der Waals surface area contributed by atoms with Gasteiger partial charge in [0.1, 0.15) is 17.3 Å². The first-order valence-corrected chi connectivity index (χ1v) is 11.2. The van der Waals surface area contributed by atoms with E-state index in [9.17, 15) is 14.4 Å². The Hall–Kier alpha value is -3.49. The number of carbonyl (C=O) groups is 1. The minimum Gasteiger partial charge on any atom is -0.497 e. The predicted molar refractivity (Wildman–Crippen MR) is 131 cm³/mol. The van der Waals surface area contributed by atoms with Crippen LogP contribution in [-0.4, -0.2) is 36.2 Å². The molecule has 1 aromatic carbocycles. The third-order valence-electron chi connectivity index (χ3n) is 5.32. The summed E-state index contributed by atoms with van der Waals surface area (Å²) in [5.74, 6) is 0.755. The van der Waals surface area contributed by atoms with Crippen LogP contribution in [0.1, 0.15) is 51.5 Å². The summed E-state index contributed by atoms with van der Waals surface area (Å²) in [5.41, 5.74) is 5.67. The highest BCUT2D eigenvalue weighted by molar-refractivity contribution is 6.05. The highest BCUT2D eigenvalue weighted by atomic mass is 16.5. The Morgan fingerprint density at radius 1 is 1.12 bits per heavy atom. The van der Waals surface area contributed by atoms with Gasteiger partial charge in [0.15, 0.2) is 5.69 Å². The number of H-pyrrole nitrogens is 1. The molecule has 2 aromatic rings. The van der Waals surface area contributed by atoms with Gasteiger partial charge in [-0.3, -0.25) is 19.1 Å². The first kappa shape index (κ1) is 25.8. The van der Waals surface area contributed by atoms with Gasteiger partial charge in [-0.2, -0.15) is 0 Å². The minimum atomic E-state index is -0.675. The number of nitrogens with two attached hydrogens (primary N) is 1. The summed E-state index contributed by atoms with van der Waals surface area (Å²) >= 11 is 0. The molecule has 9 heteroatoms. The van der Waals surface area contributed by atoms with E-state index in [1.807, 2.05) is 13.8 Å². The third-order valence-corrected chi connectivity index (χ3v) is 5.32. The number of anilines is 2. The summed E-state index contributed by atoms with van der Waals surface area (Å²) in [6.07, 6.45) is 7.08. The number of aromatic nitrogens is 2. The Morgan fingerprint density at radius 2 is 1.85 bits per heavy atom. The second-order valence-electron chi connectivity index (χ2n) is 7.64. The number of nitrogens with one attached hydrogen (secondary N) is 1. The van der Waals surface area contributed by atoms with Gasteiger partial charge in [0, 0.05) is 30.8 Å². The van der Waals surface area contributed by atoms with Crippen molar-refractivity contribution in [2.45, 2.75) is 52.5 Å². The van der Waals surface area contributed by atoms with Gasteiger partial charge in [0.25, 0.3) is 11.5 Å². The molecule has 0 aliphatic rings. The number of benzene rings is 1.